The van der Waals surface area contributed by atoms with Gasteiger partial charge < -0.3 is 10.2 Å². The minimum atomic E-state index is -1.42. The Bertz CT molecular complexity index is 573. The molecule has 0 aromatic heterocycles. The summed E-state index contributed by atoms with van der Waals surface area (Å²) in [5.74, 6) is -3.44. The molecule has 7 nitrogen and oxygen atoms in total. The second-order valence-electron chi connectivity index (χ2n) is 10.1. The third-order valence-electron chi connectivity index (χ3n) is 6.75. The first-order valence-corrected chi connectivity index (χ1v) is 14.6. The van der Waals surface area contributed by atoms with E-state index in [9.17, 15) is 24.3 Å². The van der Waals surface area contributed by atoms with Gasteiger partial charge in [-0.2, -0.15) is 0 Å². The largest absolute Gasteiger partial charge is 0.481 e. The number of hydrogen-bond donors (Lipinski definition) is 2. The van der Waals surface area contributed by atoms with Crippen LogP contribution in [0.1, 0.15) is 155 Å². The van der Waals surface area contributed by atoms with E-state index >= 15 is 0 Å². The molecule has 2 N–H and O–H groups in total. The summed E-state index contributed by atoms with van der Waals surface area (Å²) in [7, 11) is 0. The molecule has 0 unspecified atom stereocenters. The first kappa shape index (κ1) is 34.1. The number of carboxylic acids is 2. The van der Waals surface area contributed by atoms with E-state index in [1.165, 1.54) is 64.2 Å². The highest BCUT2D eigenvalue weighted by atomic mass is 16.4. The summed E-state index contributed by atoms with van der Waals surface area (Å²) >= 11 is 0. The fraction of sp³-hybridized carbons (Fsp3) is 0.862. The Morgan fingerprint density at radius 1 is 0.528 bits per heavy atom. The maximum Gasteiger partial charge on any atom is 0.326 e. The standard InChI is InChI=1S/C29H53NO6/c1-3-5-7-9-11-13-15-17-19-21-26(31)30(25(29(35)36)23-24-28(33)34)27(32)22-20-18-16-14-12-10-8-6-4-2/h25H,3-24H2,1-2H3,(H,33,34)(H,35,36)/t25-/m0/s1. The average molecular weight is 512 g/mol. The summed E-state index contributed by atoms with van der Waals surface area (Å²) in [6.07, 6.45) is 19.2. The third kappa shape index (κ3) is 18.4. The van der Waals surface area contributed by atoms with E-state index in [0.717, 1.165) is 43.4 Å². The number of aliphatic carboxylic acids is 2. The van der Waals surface area contributed by atoms with Crippen molar-refractivity contribution in [3.8, 4) is 0 Å². The van der Waals surface area contributed by atoms with Crippen LogP contribution in [0.5, 0.6) is 0 Å². The van der Waals surface area contributed by atoms with Gasteiger partial charge in [-0.25, -0.2) is 4.79 Å². The summed E-state index contributed by atoms with van der Waals surface area (Å²) < 4.78 is 0. The van der Waals surface area contributed by atoms with E-state index in [0.29, 0.717) is 12.8 Å². The number of imide groups is 1. The smallest absolute Gasteiger partial charge is 0.326 e. The van der Waals surface area contributed by atoms with Gasteiger partial charge in [0.2, 0.25) is 11.8 Å². The van der Waals surface area contributed by atoms with Crippen molar-refractivity contribution < 1.29 is 29.4 Å². The predicted octanol–water partition coefficient (Wildman–Crippen LogP) is 7.50. The number of amides is 2. The molecule has 0 aliphatic rings. The lowest BCUT2D eigenvalue weighted by atomic mass is 10.0. The van der Waals surface area contributed by atoms with Crippen LogP contribution in [0.15, 0.2) is 0 Å². The van der Waals surface area contributed by atoms with Gasteiger partial charge in [0.05, 0.1) is 0 Å². The van der Waals surface area contributed by atoms with Crippen molar-refractivity contribution in [1.29, 1.82) is 0 Å². The molecule has 0 aromatic carbocycles. The van der Waals surface area contributed by atoms with Crippen molar-refractivity contribution >= 4 is 23.8 Å². The Morgan fingerprint density at radius 2 is 0.861 bits per heavy atom. The molecule has 0 radical (unpaired) electrons. The van der Waals surface area contributed by atoms with E-state index in [2.05, 4.69) is 13.8 Å². The molecule has 0 aromatic rings. The number of nitrogens with zero attached hydrogens (tertiary/aromatic N) is 1. The zero-order valence-corrected chi connectivity index (χ0v) is 23.1. The molecule has 210 valence electrons. The molecule has 0 spiro atoms. The van der Waals surface area contributed by atoms with Crippen molar-refractivity contribution in [2.45, 2.75) is 161 Å². The Hall–Kier alpha value is -1.92. The second kappa shape index (κ2) is 23.5. The average Bonchev–Trinajstić information content (AvgIpc) is 2.83. The summed E-state index contributed by atoms with van der Waals surface area (Å²) in [6.45, 7) is 4.39. The van der Waals surface area contributed by atoms with Crippen molar-refractivity contribution in [3.63, 3.8) is 0 Å². The predicted molar refractivity (Wildman–Crippen MR) is 144 cm³/mol. The highest BCUT2D eigenvalue weighted by Gasteiger charge is 2.34. The Kier molecular flexibility index (Phi) is 22.2. The molecule has 0 fully saturated rings. The Labute approximate surface area is 219 Å². The lowest BCUT2D eigenvalue weighted by molar-refractivity contribution is -0.159. The fourth-order valence-electron chi connectivity index (χ4n) is 4.52. The van der Waals surface area contributed by atoms with Gasteiger partial charge in [-0.15, -0.1) is 0 Å². The number of carboxylic acid groups (broad SMARTS) is 2. The van der Waals surface area contributed by atoms with Gasteiger partial charge in [0.25, 0.3) is 0 Å². The number of hydrogen-bond acceptors (Lipinski definition) is 4. The molecule has 0 heterocycles. The topological polar surface area (TPSA) is 112 Å². The number of rotatable bonds is 25. The van der Waals surface area contributed by atoms with Crippen LogP contribution in [0.2, 0.25) is 0 Å². The maximum absolute atomic E-state index is 12.9. The SMILES string of the molecule is CCCCCCCCCCCC(=O)N(C(=O)CCCCCCCCCCC)[C@@H](CCC(=O)O)C(=O)O. The quantitative estimate of drug-likeness (QED) is 0.123. The van der Waals surface area contributed by atoms with Crippen LogP contribution in [-0.4, -0.2) is 44.9 Å². The summed E-state index contributed by atoms with van der Waals surface area (Å²) in [6, 6.07) is -1.42. The van der Waals surface area contributed by atoms with Crippen LogP contribution >= 0.6 is 0 Å². The zero-order chi connectivity index (χ0) is 27.0. The molecule has 36 heavy (non-hydrogen) atoms. The number of unbranched alkanes of at least 4 members (excludes halogenated alkanes) is 16. The second-order valence-corrected chi connectivity index (χ2v) is 10.1. The van der Waals surface area contributed by atoms with Crippen LogP contribution in [0.3, 0.4) is 0 Å². The highest BCUT2D eigenvalue weighted by Crippen LogP contribution is 2.18. The van der Waals surface area contributed by atoms with Crippen LogP contribution in [-0.2, 0) is 19.2 Å². The van der Waals surface area contributed by atoms with Gasteiger partial charge in [-0.05, 0) is 19.3 Å². The van der Waals surface area contributed by atoms with Gasteiger partial charge in [-0.1, -0.05) is 117 Å². The minimum absolute atomic E-state index is 0.121. The molecule has 0 rings (SSSR count). The first-order valence-electron chi connectivity index (χ1n) is 14.6. The highest BCUT2D eigenvalue weighted by molar-refractivity contribution is 5.99. The monoisotopic (exact) mass is 511 g/mol. The van der Waals surface area contributed by atoms with Crippen LogP contribution in [0.25, 0.3) is 0 Å². The minimum Gasteiger partial charge on any atom is -0.481 e. The van der Waals surface area contributed by atoms with Crippen molar-refractivity contribution in [3.05, 3.63) is 0 Å². The van der Waals surface area contributed by atoms with E-state index in [4.69, 9.17) is 5.11 Å². The Morgan fingerprint density at radius 3 is 1.17 bits per heavy atom. The molecule has 0 saturated carbocycles. The van der Waals surface area contributed by atoms with Crippen LogP contribution in [0.4, 0.5) is 0 Å². The van der Waals surface area contributed by atoms with E-state index < -0.39 is 36.2 Å². The molecule has 0 saturated heterocycles. The van der Waals surface area contributed by atoms with E-state index in [1.807, 2.05) is 0 Å². The van der Waals surface area contributed by atoms with Crippen LogP contribution < -0.4 is 0 Å². The van der Waals surface area contributed by atoms with Crippen LogP contribution in [0, 0.1) is 0 Å². The summed E-state index contributed by atoms with van der Waals surface area (Å²) in [5, 5.41) is 18.7. The van der Waals surface area contributed by atoms with Crippen molar-refractivity contribution in [2.75, 3.05) is 0 Å². The molecule has 0 aliphatic carbocycles. The molecular weight excluding hydrogens is 458 g/mol. The zero-order valence-electron chi connectivity index (χ0n) is 23.1. The molecule has 0 aliphatic heterocycles. The van der Waals surface area contributed by atoms with Gasteiger partial charge in [-0.3, -0.25) is 19.3 Å². The first-order chi connectivity index (χ1) is 17.3. The number of carbonyl (C=O) groups excluding carboxylic acids is 2. The molecular formula is C29H53NO6. The van der Waals surface area contributed by atoms with E-state index in [1.54, 1.807) is 0 Å². The fourth-order valence-corrected chi connectivity index (χ4v) is 4.52. The van der Waals surface area contributed by atoms with Gasteiger partial charge in [0.1, 0.15) is 6.04 Å². The molecule has 2 amide bonds. The number of carbonyl (C=O) groups is 4. The maximum atomic E-state index is 12.9. The van der Waals surface area contributed by atoms with Crippen molar-refractivity contribution in [2.24, 2.45) is 0 Å². The lowest BCUT2D eigenvalue weighted by Crippen LogP contribution is -2.48. The normalized spacial score (nSPS) is 11.8. The Balaban J connectivity index is 4.66. The lowest BCUT2D eigenvalue weighted by Gasteiger charge is -2.27. The molecule has 1 atom stereocenters. The van der Waals surface area contributed by atoms with Gasteiger partial charge >= 0.3 is 11.9 Å². The molecule has 0 bridgehead atoms. The van der Waals surface area contributed by atoms with Gasteiger partial charge in [0, 0.05) is 19.3 Å². The molecule has 7 heteroatoms. The van der Waals surface area contributed by atoms with Gasteiger partial charge in [0.15, 0.2) is 0 Å². The third-order valence-corrected chi connectivity index (χ3v) is 6.75. The van der Waals surface area contributed by atoms with E-state index in [-0.39, 0.29) is 19.3 Å². The summed E-state index contributed by atoms with van der Waals surface area (Å²) in [5.41, 5.74) is 0. The van der Waals surface area contributed by atoms with Crippen molar-refractivity contribution in [1.82, 2.24) is 4.90 Å². The summed E-state index contributed by atoms with van der Waals surface area (Å²) in [4.78, 5) is 49.6.